The highest BCUT2D eigenvalue weighted by Crippen LogP contribution is 2.15. The lowest BCUT2D eigenvalue weighted by Gasteiger charge is -2.32. The average Bonchev–Trinajstić information content (AvgIpc) is 2.81. The Morgan fingerprint density at radius 2 is 2.44 bits per heavy atom. The summed E-state index contributed by atoms with van der Waals surface area (Å²) < 4.78 is 10.7. The molecule has 1 amide bonds. The van der Waals surface area contributed by atoms with Gasteiger partial charge in [-0.3, -0.25) is 4.79 Å². The van der Waals surface area contributed by atoms with Gasteiger partial charge in [-0.2, -0.15) is 4.98 Å². The quantitative estimate of drug-likeness (QED) is 0.809. The molecular formula is C12H19N3O3. The first kappa shape index (κ1) is 13.0. The molecule has 0 N–H and O–H groups in total. The van der Waals surface area contributed by atoms with Crippen molar-refractivity contribution >= 4 is 5.91 Å². The lowest BCUT2D eigenvalue weighted by atomic mass is 10.1. The van der Waals surface area contributed by atoms with E-state index in [1.54, 1.807) is 6.92 Å². The van der Waals surface area contributed by atoms with Crippen molar-refractivity contribution in [1.29, 1.82) is 0 Å². The molecule has 2 heterocycles. The molecule has 1 fully saturated rings. The molecule has 0 aromatic carbocycles. The second kappa shape index (κ2) is 5.95. The molecule has 6 heteroatoms. The Morgan fingerprint density at radius 3 is 3.11 bits per heavy atom. The van der Waals surface area contributed by atoms with Crippen LogP contribution < -0.4 is 0 Å². The Balaban J connectivity index is 1.80. The summed E-state index contributed by atoms with van der Waals surface area (Å²) in [6.45, 7) is 5.48. The molecule has 1 aliphatic rings. The highest BCUT2D eigenvalue weighted by Gasteiger charge is 2.23. The van der Waals surface area contributed by atoms with E-state index in [2.05, 4.69) is 10.1 Å². The average molecular weight is 253 g/mol. The monoisotopic (exact) mass is 253 g/mol. The van der Waals surface area contributed by atoms with Gasteiger partial charge in [0.05, 0.1) is 6.10 Å². The molecule has 1 atom stereocenters. The first-order valence-corrected chi connectivity index (χ1v) is 6.37. The molecule has 2 rings (SSSR count). The standard InChI is InChI=1S/C12H19N3O3/c1-3-12(16)15-6-4-5-10(7-15)17-8-11-13-9(2)14-18-11/h10H,3-8H2,1-2H3. The van der Waals surface area contributed by atoms with Gasteiger partial charge < -0.3 is 14.2 Å². The van der Waals surface area contributed by atoms with Gasteiger partial charge in [-0.05, 0) is 19.8 Å². The molecule has 100 valence electrons. The number of likely N-dealkylation sites (tertiary alicyclic amines) is 1. The summed E-state index contributed by atoms with van der Waals surface area (Å²) in [5.74, 6) is 1.29. The van der Waals surface area contributed by atoms with E-state index in [1.165, 1.54) is 0 Å². The SMILES string of the molecule is CCC(=O)N1CCCC(OCc2nc(C)no2)C1. The van der Waals surface area contributed by atoms with E-state index in [4.69, 9.17) is 9.26 Å². The molecule has 18 heavy (non-hydrogen) atoms. The number of nitrogens with zero attached hydrogens (tertiary/aromatic N) is 3. The zero-order valence-corrected chi connectivity index (χ0v) is 10.9. The van der Waals surface area contributed by atoms with E-state index in [1.807, 2.05) is 11.8 Å². The lowest BCUT2D eigenvalue weighted by Crippen LogP contribution is -2.42. The van der Waals surface area contributed by atoms with Gasteiger partial charge in [0.2, 0.25) is 5.91 Å². The largest absolute Gasteiger partial charge is 0.367 e. The Bertz CT molecular complexity index is 405. The van der Waals surface area contributed by atoms with Crippen LogP contribution in [0.5, 0.6) is 0 Å². The van der Waals surface area contributed by atoms with Crippen LogP contribution in [0.15, 0.2) is 4.52 Å². The maximum absolute atomic E-state index is 11.6. The minimum absolute atomic E-state index is 0.0708. The van der Waals surface area contributed by atoms with Gasteiger partial charge in [-0.25, -0.2) is 0 Å². The molecule has 0 saturated carbocycles. The van der Waals surface area contributed by atoms with Crippen molar-refractivity contribution in [2.24, 2.45) is 0 Å². The molecule has 0 radical (unpaired) electrons. The van der Waals surface area contributed by atoms with Gasteiger partial charge in [-0.15, -0.1) is 0 Å². The highest BCUT2D eigenvalue weighted by atomic mass is 16.5. The maximum atomic E-state index is 11.6. The van der Waals surface area contributed by atoms with Crippen LogP contribution >= 0.6 is 0 Å². The van der Waals surface area contributed by atoms with Gasteiger partial charge in [0.25, 0.3) is 5.89 Å². The number of rotatable bonds is 4. The van der Waals surface area contributed by atoms with Gasteiger partial charge in [-0.1, -0.05) is 12.1 Å². The lowest BCUT2D eigenvalue weighted by molar-refractivity contribution is -0.135. The molecule has 0 aliphatic carbocycles. The molecule has 1 aliphatic heterocycles. The van der Waals surface area contributed by atoms with Gasteiger partial charge in [0.15, 0.2) is 5.82 Å². The summed E-state index contributed by atoms with van der Waals surface area (Å²) >= 11 is 0. The van der Waals surface area contributed by atoms with Crippen molar-refractivity contribution < 1.29 is 14.1 Å². The third kappa shape index (κ3) is 3.29. The predicted octanol–water partition coefficient (Wildman–Crippen LogP) is 1.30. The summed E-state index contributed by atoms with van der Waals surface area (Å²) in [5, 5.41) is 3.71. The second-order valence-corrected chi connectivity index (χ2v) is 4.50. The van der Waals surface area contributed by atoms with Crippen LogP contribution in [0.3, 0.4) is 0 Å². The van der Waals surface area contributed by atoms with Crippen LogP contribution in [0.25, 0.3) is 0 Å². The van der Waals surface area contributed by atoms with Crippen molar-refractivity contribution in [2.75, 3.05) is 13.1 Å². The van der Waals surface area contributed by atoms with Crippen molar-refractivity contribution in [3.63, 3.8) is 0 Å². The fourth-order valence-electron chi connectivity index (χ4n) is 2.11. The summed E-state index contributed by atoms with van der Waals surface area (Å²) in [5.41, 5.74) is 0. The van der Waals surface area contributed by atoms with E-state index < -0.39 is 0 Å². The summed E-state index contributed by atoms with van der Waals surface area (Å²) in [4.78, 5) is 17.6. The number of ether oxygens (including phenoxy) is 1. The first-order chi connectivity index (χ1) is 8.69. The topological polar surface area (TPSA) is 68.5 Å². The molecule has 1 unspecified atom stereocenters. The number of hydrogen-bond acceptors (Lipinski definition) is 5. The smallest absolute Gasteiger partial charge is 0.252 e. The zero-order chi connectivity index (χ0) is 13.0. The van der Waals surface area contributed by atoms with E-state index in [0.29, 0.717) is 31.3 Å². The summed E-state index contributed by atoms with van der Waals surface area (Å²) in [6.07, 6.45) is 2.58. The van der Waals surface area contributed by atoms with Gasteiger partial charge in [0, 0.05) is 19.5 Å². The Labute approximate surface area is 106 Å². The van der Waals surface area contributed by atoms with Crippen molar-refractivity contribution in [3.8, 4) is 0 Å². The van der Waals surface area contributed by atoms with E-state index in [9.17, 15) is 4.79 Å². The molecule has 6 nitrogen and oxygen atoms in total. The molecule has 1 aromatic heterocycles. The van der Waals surface area contributed by atoms with Crippen LogP contribution in [0, 0.1) is 6.92 Å². The molecular weight excluding hydrogens is 234 g/mol. The van der Waals surface area contributed by atoms with Crippen LogP contribution in [0.1, 0.15) is 37.9 Å². The van der Waals surface area contributed by atoms with Crippen molar-refractivity contribution in [3.05, 3.63) is 11.7 Å². The van der Waals surface area contributed by atoms with Crippen LogP contribution in [0.4, 0.5) is 0 Å². The van der Waals surface area contributed by atoms with Crippen molar-refractivity contribution in [2.45, 2.75) is 45.8 Å². The minimum atomic E-state index is 0.0708. The third-order valence-electron chi connectivity index (χ3n) is 3.05. The Kier molecular flexibility index (Phi) is 4.30. The van der Waals surface area contributed by atoms with Crippen LogP contribution in [0.2, 0.25) is 0 Å². The fourth-order valence-corrected chi connectivity index (χ4v) is 2.11. The Morgan fingerprint density at radius 1 is 1.61 bits per heavy atom. The van der Waals surface area contributed by atoms with E-state index in [-0.39, 0.29) is 12.0 Å². The van der Waals surface area contributed by atoms with Crippen LogP contribution in [-0.4, -0.2) is 40.1 Å². The second-order valence-electron chi connectivity index (χ2n) is 4.50. The number of carbonyl (C=O) groups excluding carboxylic acids is 1. The molecule has 0 spiro atoms. The molecule has 1 aromatic rings. The fraction of sp³-hybridized carbons (Fsp3) is 0.750. The predicted molar refractivity (Wildman–Crippen MR) is 63.7 cm³/mol. The third-order valence-corrected chi connectivity index (χ3v) is 3.05. The van der Waals surface area contributed by atoms with Crippen LogP contribution in [-0.2, 0) is 16.1 Å². The first-order valence-electron chi connectivity index (χ1n) is 6.37. The van der Waals surface area contributed by atoms with Gasteiger partial charge in [0.1, 0.15) is 6.61 Å². The van der Waals surface area contributed by atoms with Crippen molar-refractivity contribution in [1.82, 2.24) is 15.0 Å². The molecule has 0 bridgehead atoms. The maximum Gasteiger partial charge on any atom is 0.252 e. The minimum Gasteiger partial charge on any atom is -0.367 e. The summed E-state index contributed by atoms with van der Waals surface area (Å²) in [6, 6.07) is 0. The number of carbonyl (C=O) groups is 1. The normalized spacial score (nSPS) is 20.1. The van der Waals surface area contributed by atoms with Gasteiger partial charge >= 0.3 is 0 Å². The zero-order valence-electron chi connectivity index (χ0n) is 10.9. The van der Waals surface area contributed by atoms with E-state index in [0.717, 1.165) is 19.4 Å². The number of hydrogen-bond donors (Lipinski definition) is 0. The number of amides is 1. The summed E-state index contributed by atoms with van der Waals surface area (Å²) in [7, 11) is 0. The highest BCUT2D eigenvalue weighted by molar-refractivity contribution is 5.75. The Hall–Kier alpha value is -1.43. The van der Waals surface area contributed by atoms with E-state index >= 15 is 0 Å². The number of aryl methyl sites for hydroxylation is 1. The molecule has 1 saturated heterocycles. The number of aromatic nitrogens is 2. The number of piperidine rings is 1.